The Bertz CT molecular complexity index is 627. The predicted octanol–water partition coefficient (Wildman–Crippen LogP) is 3.03. The Morgan fingerprint density at radius 1 is 1.47 bits per heavy atom. The van der Waals surface area contributed by atoms with Gasteiger partial charge in [0.05, 0.1) is 12.7 Å². The highest BCUT2D eigenvalue weighted by Crippen LogP contribution is 2.20. The zero-order chi connectivity index (χ0) is 14.0. The molecule has 0 aliphatic carbocycles. The first kappa shape index (κ1) is 13.6. The fraction of sp³-hybridized carbons (Fsp3) is 0.182. The van der Waals surface area contributed by atoms with E-state index >= 15 is 0 Å². The summed E-state index contributed by atoms with van der Waals surface area (Å²) in [5.41, 5.74) is 1.21. The minimum atomic E-state index is -1.04. The second-order valence-electron chi connectivity index (χ2n) is 3.77. The number of carboxylic acid groups (broad SMARTS) is 1. The number of hydrogen-bond donors (Lipinski definition) is 2. The normalized spacial score (nSPS) is 10.5. The van der Waals surface area contributed by atoms with Gasteiger partial charge in [-0.1, -0.05) is 11.6 Å². The van der Waals surface area contributed by atoms with Crippen molar-refractivity contribution in [1.29, 1.82) is 0 Å². The molecule has 0 unspecified atom stereocenters. The highest BCUT2D eigenvalue weighted by molar-refractivity contribution is 6.33. The second-order valence-corrected chi connectivity index (χ2v) is 4.52. The fourth-order valence-electron chi connectivity index (χ4n) is 1.65. The Labute approximate surface area is 119 Å². The second kappa shape index (κ2) is 5.46. The molecule has 0 saturated carbocycles. The molecule has 0 aliphatic rings. The molecule has 0 radical (unpaired) electrons. The summed E-state index contributed by atoms with van der Waals surface area (Å²) in [6.45, 7) is 1.97. The number of anilines is 1. The number of rotatable bonds is 3. The van der Waals surface area contributed by atoms with Crippen molar-refractivity contribution in [1.82, 2.24) is 14.5 Å². The van der Waals surface area contributed by atoms with Gasteiger partial charge < -0.3 is 10.4 Å². The van der Waals surface area contributed by atoms with E-state index < -0.39 is 6.09 Å². The average molecular weight is 301 g/mol. The smallest absolute Gasteiger partial charge is 0.416 e. The summed E-state index contributed by atoms with van der Waals surface area (Å²) in [4.78, 5) is 18.7. The molecule has 2 aromatic rings. The maximum absolute atomic E-state index is 11.1. The molecule has 2 heterocycles. The number of carbonyl (C=O) groups is 1. The minimum Gasteiger partial charge on any atom is -0.464 e. The van der Waals surface area contributed by atoms with Crippen molar-refractivity contribution in [2.45, 2.75) is 13.5 Å². The molecule has 0 bridgehead atoms. The molecule has 0 aromatic carbocycles. The van der Waals surface area contributed by atoms with Crippen LogP contribution in [0.25, 0.3) is 0 Å². The van der Waals surface area contributed by atoms with E-state index in [9.17, 15) is 4.79 Å². The van der Waals surface area contributed by atoms with Gasteiger partial charge in [-0.25, -0.2) is 9.78 Å². The van der Waals surface area contributed by atoms with Crippen molar-refractivity contribution >= 4 is 35.1 Å². The number of hydrogen-bond acceptors (Lipinski definition) is 4. The molecular formula is C11H10Cl2N4O2. The van der Waals surface area contributed by atoms with E-state index in [1.54, 1.807) is 19.1 Å². The Hall–Kier alpha value is -1.79. The lowest BCUT2D eigenvalue weighted by molar-refractivity contribution is 0.195. The third-order valence-corrected chi connectivity index (χ3v) is 2.96. The van der Waals surface area contributed by atoms with Gasteiger partial charge >= 0.3 is 6.09 Å². The molecule has 0 saturated heterocycles. The van der Waals surface area contributed by atoms with Gasteiger partial charge in [-0.05, 0) is 30.7 Å². The van der Waals surface area contributed by atoms with Crippen LogP contribution in [0.4, 0.5) is 10.6 Å². The van der Waals surface area contributed by atoms with Gasteiger partial charge in [0.2, 0.25) is 5.28 Å². The zero-order valence-electron chi connectivity index (χ0n) is 9.89. The number of nitrogens with zero attached hydrogens (tertiary/aromatic N) is 3. The topological polar surface area (TPSA) is 80.0 Å². The highest BCUT2D eigenvalue weighted by atomic mass is 35.5. The summed E-state index contributed by atoms with van der Waals surface area (Å²) in [6.07, 6.45) is 0.340. The fourth-order valence-corrected chi connectivity index (χ4v) is 1.94. The van der Waals surface area contributed by atoms with Crippen molar-refractivity contribution in [3.63, 3.8) is 0 Å². The third kappa shape index (κ3) is 2.97. The monoisotopic (exact) mass is 300 g/mol. The van der Waals surface area contributed by atoms with Gasteiger partial charge in [-0.15, -0.1) is 0 Å². The predicted molar refractivity (Wildman–Crippen MR) is 72.0 cm³/mol. The SMILES string of the molecule is Cc1ccc(CNc2nc(Cl)ncc2Cl)n1C(=O)O. The molecule has 0 amide bonds. The molecule has 2 rings (SSSR count). The van der Waals surface area contributed by atoms with Crippen LogP contribution >= 0.6 is 23.2 Å². The Kier molecular flexibility index (Phi) is 3.92. The van der Waals surface area contributed by atoms with E-state index in [1.807, 2.05) is 0 Å². The van der Waals surface area contributed by atoms with E-state index in [2.05, 4.69) is 15.3 Å². The molecule has 8 heteroatoms. The maximum Gasteiger partial charge on any atom is 0.416 e. The standard InChI is InChI=1S/C11H10Cl2N4O2/c1-6-2-3-7(17(6)11(18)19)4-14-9-8(12)5-15-10(13)16-9/h2-3,5H,4H2,1H3,(H,18,19)(H,14,15,16). The van der Waals surface area contributed by atoms with Crippen molar-refractivity contribution in [3.05, 3.63) is 40.0 Å². The molecule has 19 heavy (non-hydrogen) atoms. The molecular weight excluding hydrogens is 291 g/mol. The first-order valence-electron chi connectivity index (χ1n) is 5.31. The zero-order valence-corrected chi connectivity index (χ0v) is 11.4. The van der Waals surface area contributed by atoms with Crippen LogP contribution in [0.2, 0.25) is 10.3 Å². The minimum absolute atomic E-state index is 0.0664. The van der Waals surface area contributed by atoms with E-state index in [-0.39, 0.29) is 11.8 Å². The quantitative estimate of drug-likeness (QED) is 0.852. The van der Waals surface area contributed by atoms with E-state index in [1.165, 1.54) is 10.8 Å². The van der Waals surface area contributed by atoms with Crippen molar-refractivity contribution in [3.8, 4) is 0 Å². The first-order valence-corrected chi connectivity index (χ1v) is 6.07. The maximum atomic E-state index is 11.1. The van der Waals surface area contributed by atoms with Gasteiger partial charge in [0.25, 0.3) is 0 Å². The third-order valence-electron chi connectivity index (χ3n) is 2.50. The average Bonchev–Trinajstić information content (AvgIpc) is 2.72. The van der Waals surface area contributed by atoms with Crippen LogP contribution in [0.1, 0.15) is 11.4 Å². The number of aryl methyl sites for hydroxylation is 1. The van der Waals surface area contributed by atoms with Crippen LogP contribution < -0.4 is 5.32 Å². The van der Waals surface area contributed by atoms with Crippen LogP contribution in [0.15, 0.2) is 18.3 Å². The Balaban J connectivity index is 2.19. The molecule has 2 aromatic heterocycles. The van der Waals surface area contributed by atoms with Crippen LogP contribution in [0, 0.1) is 6.92 Å². The lowest BCUT2D eigenvalue weighted by Crippen LogP contribution is -2.15. The first-order chi connectivity index (χ1) is 8.99. The summed E-state index contributed by atoms with van der Waals surface area (Å²) in [5.74, 6) is 0.359. The number of nitrogens with one attached hydrogen (secondary N) is 1. The molecule has 0 fully saturated rings. The summed E-state index contributed by atoms with van der Waals surface area (Å²) < 4.78 is 1.18. The van der Waals surface area contributed by atoms with Gasteiger partial charge in [-0.3, -0.25) is 4.57 Å². The van der Waals surface area contributed by atoms with Gasteiger partial charge in [0.1, 0.15) is 10.8 Å². The summed E-state index contributed by atoms with van der Waals surface area (Å²) >= 11 is 11.6. The van der Waals surface area contributed by atoms with Crippen LogP contribution in [0.3, 0.4) is 0 Å². The highest BCUT2D eigenvalue weighted by Gasteiger charge is 2.12. The van der Waals surface area contributed by atoms with Gasteiger partial charge in [0, 0.05) is 11.4 Å². The molecule has 2 N–H and O–H groups in total. The Morgan fingerprint density at radius 2 is 2.21 bits per heavy atom. The van der Waals surface area contributed by atoms with Crippen LogP contribution in [0.5, 0.6) is 0 Å². The summed E-state index contributed by atoms with van der Waals surface area (Å²) in [7, 11) is 0. The van der Waals surface area contributed by atoms with Crippen LogP contribution in [-0.4, -0.2) is 25.7 Å². The Morgan fingerprint density at radius 3 is 2.89 bits per heavy atom. The van der Waals surface area contributed by atoms with Crippen molar-refractivity contribution in [2.24, 2.45) is 0 Å². The molecule has 0 atom stereocenters. The number of aromatic nitrogens is 3. The summed E-state index contributed by atoms with van der Waals surface area (Å²) in [6, 6.07) is 3.44. The van der Waals surface area contributed by atoms with Crippen LogP contribution in [-0.2, 0) is 6.54 Å². The van der Waals surface area contributed by atoms with Gasteiger partial charge in [0.15, 0.2) is 0 Å². The van der Waals surface area contributed by atoms with E-state index in [0.717, 1.165) is 0 Å². The van der Waals surface area contributed by atoms with Crippen molar-refractivity contribution in [2.75, 3.05) is 5.32 Å². The number of halogens is 2. The van der Waals surface area contributed by atoms with Crippen molar-refractivity contribution < 1.29 is 9.90 Å². The lowest BCUT2D eigenvalue weighted by Gasteiger charge is -2.09. The molecule has 0 spiro atoms. The van der Waals surface area contributed by atoms with E-state index in [0.29, 0.717) is 22.2 Å². The van der Waals surface area contributed by atoms with E-state index in [4.69, 9.17) is 28.3 Å². The lowest BCUT2D eigenvalue weighted by atomic mass is 10.4. The summed E-state index contributed by atoms with van der Waals surface area (Å²) in [5, 5.41) is 12.4. The molecule has 0 aliphatic heterocycles. The molecule has 100 valence electrons. The van der Waals surface area contributed by atoms with Gasteiger partial charge in [-0.2, -0.15) is 4.98 Å². The largest absolute Gasteiger partial charge is 0.464 e. The molecule has 6 nitrogen and oxygen atoms in total.